The van der Waals surface area contributed by atoms with Crippen LogP contribution in [0.5, 0.6) is 0 Å². The molecule has 2 fully saturated rings. The molecule has 2 aliphatic rings. The zero-order chi connectivity index (χ0) is 9.53. The molecule has 2 heteroatoms. The van der Waals surface area contributed by atoms with E-state index >= 15 is 0 Å². The van der Waals surface area contributed by atoms with Gasteiger partial charge in [-0.15, -0.1) is 0 Å². The fraction of sp³-hybridized carbons (Fsp3) is 0.909. The van der Waals surface area contributed by atoms with Crippen LogP contribution in [-0.2, 0) is 4.79 Å². The summed E-state index contributed by atoms with van der Waals surface area (Å²) < 4.78 is 0. The van der Waals surface area contributed by atoms with Crippen molar-refractivity contribution < 1.29 is 9.90 Å². The van der Waals surface area contributed by atoms with Gasteiger partial charge in [-0.1, -0.05) is 6.42 Å². The highest BCUT2D eigenvalue weighted by atomic mass is 16.4. The van der Waals surface area contributed by atoms with E-state index in [0.29, 0.717) is 5.41 Å². The van der Waals surface area contributed by atoms with E-state index in [-0.39, 0.29) is 0 Å². The second-order valence-corrected chi connectivity index (χ2v) is 5.22. The van der Waals surface area contributed by atoms with Crippen molar-refractivity contribution in [1.29, 1.82) is 0 Å². The lowest BCUT2D eigenvalue weighted by atomic mass is 9.56. The third-order valence-electron chi connectivity index (χ3n) is 4.34. The fourth-order valence-corrected chi connectivity index (χ4v) is 2.72. The van der Waals surface area contributed by atoms with Gasteiger partial charge in [0.15, 0.2) is 0 Å². The van der Waals surface area contributed by atoms with E-state index < -0.39 is 11.4 Å². The van der Waals surface area contributed by atoms with E-state index in [1.807, 2.05) is 6.92 Å². The fourth-order valence-electron chi connectivity index (χ4n) is 2.72. The molecule has 0 aromatic carbocycles. The second-order valence-electron chi connectivity index (χ2n) is 5.22. The Morgan fingerprint density at radius 2 is 1.62 bits per heavy atom. The highest BCUT2D eigenvalue weighted by Crippen LogP contribution is 2.55. The van der Waals surface area contributed by atoms with E-state index in [1.165, 1.54) is 19.3 Å². The van der Waals surface area contributed by atoms with Gasteiger partial charge in [-0.25, -0.2) is 0 Å². The summed E-state index contributed by atoms with van der Waals surface area (Å²) in [6.45, 7) is 1.90. The summed E-state index contributed by atoms with van der Waals surface area (Å²) in [5.74, 6) is -0.596. The average Bonchev–Trinajstić information content (AvgIpc) is 2.03. The topological polar surface area (TPSA) is 37.3 Å². The van der Waals surface area contributed by atoms with Crippen LogP contribution in [0.2, 0.25) is 0 Å². The summed E-state index contributed by atoms with van der Waals surface area (Å²) in [6, 6.07) is 0. The summed E-state index contributed by atoms with van der Waals surface area (Å²) in [4.78, 5) is 11.0. The number of aliphatic carboxylic acids is 1. The third-order valence-corrected chi connectivity index (χ3v) is 4.34. The molecule has 74 valence electrons. The number of rotatable bonds is 1. The van der Waals surface area contributed by atoms with Crippen LogP contribution in [-0.4, -0.2) is 11.1 Å². The maximum Gasteiger partial charge on any atom is 0.309 e. The van der Waals surface area contributed by atoms with Crippen LogP contribution >= 0.6 is 0 Å². The largest absolute Gasteiger partial charge is 0.481 e. The molecule has 1 N–H and O–H groups in total. The molecule has 2 aliphatic carbocycles. The molecular weight excluding hydrogens is 164 g/mol. The van der Waals surface area contributed by atoms with Crippen LogP contribution in [0.3, 0.4) is 0 Å². The second kappa shape index (κ2) is 2.73. The molecule has 0 saturated heterocycles. The summed E-state index contributed by atoms with van der Waals surface area (Å²) in [7, 11) is 0. The Kier molecular flexibility index (Phi) is 1.90. The first-order chi connectivity index (χ1) is 6.06. The van der Waals surface area contributed by atoms with Gasteiger partial charge in [0, 0.05) is 0 Å². The van der Waals surface area contributed by atoms with Crippen molar-refractivity contribution in [3.05, 3.63) is 0 Å². The van der Waals surface area contributed by atoms with Gasteiger partial charge in [0.1, 0.15) is 0 Å². The molecule has 0 amide bonds. The van der Waals surface area contributed by atoms with Crippen LogP contribution in [0.25, 0.3) is 0 Å². The summed E-state index contributed by atoms with van der Waals surface area (Å²) in [5, 5.41) is 9.06. The molecule has 0 aromatic rings. The molecule has 2 nitrogen and oxygen atoms in total. The minimum absolute atomic E-state index is 0.416. The average molecular weight is 182 g/mol. The zero-order valence-corrected chi connectivity index (χ0v) is 8.31. The number of carboxylic acid groups (broad SMARTS) is 1. The van der Waals surface area contributed by atoms with Crippen molar-refractivity contribution in [3.8, 4) is 0 Å². The minimum Gasteiger partial charge on any atom is -0.481 e. The maximum absolute atomic E-state index is 11.0. The minimum atomic E-state index is -0.596. The smallest absolute Gasteiger partial charge is 0.309 e. The molecule has 0 bridgehead atoms. The van der Waals surface area contributed by atoms with Crippen molar-refractivity contribution in [2.24, 2.45) is 10.8 Å². The standard InChI is InChI=1S/C11H18O2/c1-10(9(12)13)5-7-11(8-6-10)3-2-4-11/h2-8H2,1H3,(H,12,13). The SMILES string of the molecule is CC1(C(=O)O)CCC2(CCC2)CC1. The lowest BCUT2D eigenvalue weighted by Gasteiger charge is -2.49. The van der Waals surface area contributed by atoms with Crippen LogP contribution in [0.4, 0.5) is 0 Å². The number of hydrogen-bond donors (Lipinski definition) is 1. The van der Waals surface area contributed by atoms with Gasteiger partial charge < -0.3 is 5.11 Å². The highest BCUT2D eigenvalue weighted by molar-refractivity contribution is 5.74. The molecule has 2 rings (SSSR count). The number of carbonyl (C=O) groups is 1. The van der Waals surface area contributed by atoms with Gasteiger partial charge >= 0.3 is 5.97 Å². The Hall–Kier alpha value is -0.530. The predicted octanol–water partition coefficient (Wildman–Crippen LogP) is 2.82. The summed E-state index contributed by atoms with van der Waals surface area (Å²) >= 11 is 0. The quantitative estimate of drug-likeness (QED) is 0.677. The van der Waals surface area contributed by atoms with Crippen LogP contribution in [0.15, 0.2) is 0 Å². The Morgan fingerprint density at radius 1 is 1.08 bits per heavy atom. The Morgan fingerprint density at radius 3 is 1.92 bits per heavy atom. The molecule has 0 heterocycles. The number of carboxylic acids is 1. The van der Waals surface area contributed by atoms with Gasteiger partial charge in [0.2, 0.25) is 0 Å². The predicted molar refractivity (Wildman–Crippen MR) is 50.5 cm³/mol. The van der Waals surface area contributed by atoms with Crippen molar-refractivity contribution >= 4 is 5.97 Å². The Labute approximate surface area is 79.3 Å². The van der Waals surface area contributed by atoms with Crippen LogP contribution in [0, 0.1) is 10.8 Å². The molecule has 0 atom stereocenters. The number of hydrogen-bond acceptors (Lipinski definition) is 1. The van der Waals surface area contributed by atoms with E-state index in [1.54, 1.807) is 0 Å². The maximum atomic E-state index is 11.0. The van der Waals surface area contributed by atoms with Gasteiger partial charge in [-0.2, -0.15) is 0 Å². The molecule has 13 heavy (non-hydrogen) atoms. The van der Waals surface area contributed by atoms with Crippen molar-refractivity contribution in [2.75, 3.05) is 0 Å². The molecule has 0 aliphatic heterocycles. The van der Waals surface area contributed by atoms with Crippen molar-refractivity contribution in [3.63, 3.8) is 0 Å². The van der Waals surface area contributed by atoms with E-state index in [4.69, 9.17) is 5.11 Å². The zero-order valence-electron chi connectivity index (χ0n) is 8.31. The van der Waals surface area contributed by atoms with Gasteiger partial charge in [-0.3, -0.25) is 4.79 Å². The molecule has 0 aromatic heterocycles. The molecule has 1 spiro atoms. The van der Waals surface area contributed by atoms with Gasteiger partial charge in [0.25, 0.3) is 0 Å². The van der Waals surface area contributed by atoms with E-state index in [0.717, 1.165) is 25.7 Å². The molecular formula is C11H18O2. The molecule has 0 radical (unpaired) electrons. The van der Waals surface area contributed by atoms with E-state index in [2.05, 4.69) is 0 Å². The molecule has 0 unspecified atom stereocenters. The van der Waals surface area contributed by atoms with Crippen LogP contribution in [0.1, 0.15) is 51.9 Å². The van der Waals surface area contributed by atoms with Crippen LogP contribution < -0.4 is 0 Å². The Bertz CT molecular complexity index is 218. The van der Waals surface area contributed by atoms with Crippen molar-refractivity contribution in [2.45, 2.75) is 51.9 Å². The lowest BCUT2D eigenvalue weighted by Crippen LogP contribution is -2.40. The first kappa shape index (κ1) is 9.04. The van der Waals surface area contributed by atoms with Gasteiger partial charge in [-0.05, 0) is 50.9 Å². The first-order valence-corrected chi connectivity index (χ1v) is 5.30. The molecule has 2 saturated carbocycles. The van der Waals surface area contributed by atoms with Gasteiger partial charge in [0.05, 0.1) is 5.41 Å². The highest BCUT2D eigenvalue weighted by Gasteiger charge is 2.46. The normalized spacial score (nSPS) is 29.6. The monoisotopic (exact) mass is 182 g/mol. The van der Waals surface area contributed by atoms with Crippen molar-refractivity contribution in [1.82, 2.24) is 0 Å². The first-order valence-electron chi connectivity index (χ1n) is 5.30. The Balaban J connectivity index is 1.99. The third kappa shape index (κ3) is 1.36. The summed E-state index contributed by atoms with van der Waals surface area (Å²) in [5.41, 5.74) is 0.163. The lowest BCUT2D eigenvalue weighted by molar-refractivity contribution is -0.152. The van der Waals surface area contributed by atoms with E-state index in [9.17, 15) is 4.79 Å². The summed E-state index contributed by atoms with van der Waals surface area (Å²) in [6.07, 6.45) is 8.14.